The molecular weight excluding hydrogens is 375 g/mol. The van der Waals surface area contributed by atoms with Crippen LogP contribution >= 0.6 is 0 Å². The lowest BCUT2D eigenvalue weighted by Crippen LogP contribution is -2.68. The van der Waals surface area contributed by atoms with Crippen LogP contribution in [0.25, 0.3) is 0 Å². The van der Waals surface area contributed by atoms with Crippen LogP contribution in [0.2, 0.25) is 39.3 Å². The maximum atomic E-state index is 6.72. The number of rotatable bonds is 8. The van der Waals surface area contributed by atoms with Crippen LogP contribution in [0.3, 0.4) is 0 Å². The maximum absolute atomic E-state index is 6.72. The molecule has 0 amide bonds. The summed E-state index contributed by atoms with van der Waals surface area (Å²) < 4.78 is 11.6. The van der Waals surface area contributed by atoms with Crippen LogP contribution < -0.4 is 4.65 Å². The molecule has 3 nitrogen and oxygen atoms in total. The predicted octanol–water partition coefficient (Wildman–Crippen LogP) is 5.54. The molecule has 0 radical (unpaired) electrons. The first-order valence-electron chi connectivity index (χ1n) is 9.75. The third kappa shape index (κ3) is 4.54. The highest BCUT2D eigenvalue weighted by Crippen LogP contribution is 2.30. The van der Waals surface area contributed by atoms with E-state index in [1.54, 1.807) is 0 Å². The Hall–Kier alpha value is -2.36. The van der Waals surface area contributed by atoms with Gasteiger partial charge in [-0.3, -0.25) is 0 Å². The van der Waals surface area contributed by atoms with Gasteiger partial charge in [0.15, 0.2) is 0 Å². The normalized spacial score (nSPS) is 14.9. The Labute approximate surface area is 172 Å². The lowest BCUT2D eigenvalue weighted by atomic mass is 9.98. The standard InChI is InChI=1S/C22H29BN2OSi2/c1-27(2,3)24(20-14-10-11-15-20)23(26-22-18-8-7-9-19-22)25(28(4,5)6)21-16-12-13-17-21/h7-14,16,18-19H,1-6H3. The van der Waals surface area contributed by atoms with E-state index in [1.165, 1.54) is 0 Å². The zero-order chi connectivity index (χ0) is 20.4. The monoisotopic (exact) mass is 404 g/mol. The van der Waals surface area contributed by atoms with Gasteiger partial charge in [0.1, 0.15) is 22.2 Å². The van der Waals surface area contributed by atoms with Gasteiger partial charge in [0.2, 0.25) is 0 Å². The third-order valence-electron chi connectivity index (χ3n) is 4.55. The Bertz CT molecular complexity index is 854. The summed E-state index contributed by atoms with van der Waals surface area (Å²) in [6, 6.07) is 10.1. The Morgan fingerprint density at radius 2 is 1.21 bits per heavy atom. The fourth-order valence-electron chi connectivity index (χ4n) is 3.41. The molecule has 144 valence electrons. The molecule has 1 aromatic rings. The molecule has 0 saturated carbocycles. The van der Waals surface area contributed by atoms with Crippen LogP contribution in [0.15, 0.2) is 89.6 Å². The van der Waals surface area contributed by atoms with Crippen LogP contribution in [-0.2, 0) is 0 Å². The lowest BCUT2D eigenvalue weighted by Gasteiger charge is -2.47. The van der Waals surface area contributed by atoms with Gasteiger partial charge in [0.25, 0.3) is 0 Å². The molecule has 2 aliphatic carbocycles. The number of hydrogen-bond donors (Lipinski definition) is 0. The van der Waals surface area contributed by atoms with E-state index < -0.39 is 16.5 Å². The summed E-state index contributed by atoms with van der Waals surface area (Å²) in [6.07, 6.45) is 12.3. The van der Waals surface area contributed by atoms with Crippen molar-refractivity contribution < 1.29 is 4.65 Å². The SMILES string of the molecule is C[Si](C)(C)N(B(Oc1ccccc1)N(C1=C=CC=C1)[Si](C)(C)C)C1=C=CC=C1. The van der Waals surface area contributed by atoms with E-state index in [0.717, 1.165) is 17.1 Å². The molecule has 0 saturated heterocycles. The second-order valence-corrected chi connectivity index (χ2v) is 18.6. The molecule has 6 heteroatoms. The molecule has 0 bridgehead atoms. The zero-order valence-electron chi connectivity index (χ0n) is 17.7. The molecule has 28 heavy (non-hydrogen) atoms. The maximum Gasteiger partial charge on any atom is 0.602 e. The van der Waals surface area contributed by atoms with Gasteiger partial charge in [-0.25, -0.2) is 0 Å². The third-order valence-corrected chi connectivity index (χ3v) is 8.37. The summed E-state index contributed by atoms with van der Waals surface area (Å²) in [5, 5.41) is 0. The van der Waals surface area contributed by atoms with Gasteiger partial charge in [-0.2, -0.15) is 0 Å². The van der Waals surface area contributed by atoms with Crippen molar-refractivity contribution in [1.82, 2.24) is 8.95 Å². The van der Waals surface area contributed by atoms with Crippen molar-refractivity contribution in [3.63, 3.8) is 0 Å². The van der Waals surface area contributed by atoms with Gasteiger partial charge in [-0.15, -0.1) is 0 Å². The highest BCUT2D eigenvalue weighted by Gasteiger charge is 2.48. The van der Waals surface area contributed by atoms with Gasteiger partial charge in [0.05, 0.1) is 11.4 Å². The van der Waals surface area contributed by atoms with Crippen molar-refractivity contribution in [2.24, 2.45) is 0 Å². The van der Waals surface area contributed by atoms with Crippen LogP contribution in [0.5, 0.6) is 5.75 Å². The minimum absolute atomic E-state index is 0.252. The summed E-state index contributed by atoms with van der Waals surface area (Å²) in [6.45, 7) is 14.1. The first-order valence-corrected chi connectivity index (χ1v) is 16.6. The fourth-order valence-corrected chi connectivity index (χ4v) is 6.91. The summed E-state index contributed by atoms with van der Waals surface area (Å²) in [5.74, 6) is 0.872. The molecule has 0 fully saturated rings. The van der Waals surface area contributed by atoms with E-state index in [-0.39, 0.29) is 7.19 Å². The summed E-state index contributed by atoms with van der Waals surface area (Å²) in [5.41, 5.74) is 9.03. The van der Waals surface area contributed by atoms with E-state index in [0.29, 0.717) is 0 Å². The van der Waals surface area contributed by atoms with Crippen LogP contribution in [0, 0.1) is 0 Å². The van der Waals surface area contributed by atoms with E-state index in [1.807, 2.05) is 42.5 Å². The Balaban J connectivity index is 2.15. The predicted molar refractivity (Wildman–Crippen MR) is 125 cm³/mol. The Morgan fingerprint density at radius 3 is 1.57 bits per heavy atom. The first kappa shape index (κ1) is 20.4. The smallest absolute Gasteiger partial charge is 0.524 e. The molecular formula is C22H29BN2OSi2. The van der Waals surface area contributed by atoms with Crippen LogP contribution in [0.1, 0.15) is 0 Å². The molecule has 0 aromatic heterocycles. The largest absolute Gasteiger partial charge is 0.602 e. The van der Waals surface area contributed by atoms with Gasteiger partial charge < -0.3 is 13.6 Å². The molecule has 0 unspecified atom stereocenters. The van der Waals surface area contributed by atoms with Crippen molar-refractivity contribution in [1.29, 1.82) is 0 Å². The van der Waals surface area contributed by atoms with E-state index in [9.17, 15) is 0 Å². The second kappa shape index (κ2) is 7.94. The lowest BCUT2D eigenvalue weighted by molar-refractivity contribution is 0.454. The highest BCUT2D eigenvalue weighted by atomic mass is 28.3. The molecule has 1 aromatic carbocycles. The fraction of sp³-hybridized carbons (Fsp3) is 0.273. The number of nitrogens with zero attached hydrogens (tertiary/aromatic N) is 2. The Kier molecular flexibility index (Phi) is 5.78. The minimum Gasteiger partial charge on any atom is -0.524 e. The van der Waals surface area contributed by atoms with Crippen molar-refractivity contribution in [3.05, 3.63) is 89.6 Å². The summed E-state index contributed by atoms with van der Waals surface area (Å²) in [7, 11) is -3.89. The molecule has 0 aliphatic heterocycles. The molecule has 0 atom stereocenters. The van der Waals surface area contributed by atoms with Crippen LogP contribution in [0.4, 0.5) is 0 Å². The van der Waals surface area contributed by atoms with Crippen molar-refractivity contribution in [2.45, 2.75) is 39.3 Å². The minimum atomic E-state index is -1.82. The number of hydrogen-bond acceptors (Lipinski definition) is 3. The van der Waals surface area contributed by atoms with Gasteiger partial charge in [0, 0.05) is 0 Å². The van der Waals surface area contributed by atoms with E-state index in [4.69, 9.17) is 4.65 Å². The average molecular weight is 404 g/mol. The summed E-state index contributed by atoms with van der Waals surface area (Å²) in [4.78, 5) is 0. The quantitative estimate of drug-likeness (QED) is 0.418. The van der Waals surface area contributed by atoms with Gasteiger partial charge >= 0.3 is 7.19 Å². The van der Waals surface area contributed by atoms with Gasteiger partial charge in [-0.05, 0) is 36.4 Å². The van der Waals surface area contributed by atoms with Crippen LogP contribution in [-0.4, -0.2) is 32.6 Å². The van der Waals surface area contributed by atoms with Gasteiger partial charge in [-0.1, -0.05) is 81.1 Å². The molecule has 2 aliphatic rings. The molecule has 0 heterocycles. The molecule has 3 rings (SSSR count). The summed E-state index contributed by atoms with van der Waals surface area (Å²) >= 11 is 0. The second-order valence-electron chi connectivity index (χ2n) is 8.95. The average Bonchev–Trinajstić information content (AvgIpc) is 3.27. The van der Waals surface area contributed by atoms with Crippen molar-refractivity contribution >= 4 is 23.7 Å². The topological polar surface area (TPSA) is 15.7 Å². The zero-order valence-corrected chi connectivity index (χ0v) is 19.7. The van der Waals surface area contributed by atoms with Crippen molar-refractivity contribution in [2.75, 3.05) is 0 Å². The van der Waals surface area contributed by atoms with Crippen molar-refractivity contribution in [3.8, 4) is 5.75 Å². The number of allylic oxidation sites excluding steroid dienone is 4. The first-order chi connectivity index (χ1) is 13.2. The van der Waals surface area contributed by atoms with E-state index in [2.05, 4.69) is 84.0 Å². The Morgan fingerprint density at radius 1 is 0.750 bits per heavy atom. The molecule has 0 spiro atoms. The number of benzene rings is 1. The molecule has 0 N–H and O–H groups in total. The van der Waals surface area contributed by atoms with E-state index >= 15 is 0 Å². The number of para-hydroxylation sites is 1. The highest BCUT2D eigenvalue weighted by molar-refractivity contribution is 6.88.